The molecule has 0 radical (unpaired) electrons. The average Bonchev–Trinajstić information content (AvgIpc) is 3.02. The lowest BCUT2D eigenvalue weighted by atomic mass is 10.5. The molecule has 0 aliphatic carbocycles. The van der Waals surface area contributed by atoms with Gasteiger partial charge in [-0.15, -0.1) is 11.8 Å². The highest BCUT2D eigenvalue weighted by Crippen LogP contribution is 2.15. The molecule has 8 nitrogen and oxygen atoms in total. The number of oxime groups is 1. The summed E-state index contributed by atoms with van der Waals surface area (Å²) in [4.78, 5) is 28.1. The summed E-state index contributed by atoms with van der Waals surface area (Å²) in [7, 11) is 2.92. The van der Waals surface area contributed by atoms with Crippen molar-refractivity contribution in [3.63, 3.8) is 0 Å². The number of nitrogens with zero attached hydrogens (tertiary/aromatic N) is 3. The van der Waals surface area contributed by atoms with Crippen molar-refractivity contribution in [1.82, 2.24) is 8.61 Å². The van der Waals surface area contributed by atoms with Crippen LogP contribution in [0.15, 0.2) is 28.0 Å². The number of ether oxygens (including phenoxy) is 1. The van der Waals surface area contributed by atoms with Crippen LogP contribution in [0.2, 0.25) is 0 Å². The fraction of sp³-hybridized carbons (Fsp3) is 0.417. The third-order valence-electron chi connectivity index (χ3n) is 2.22. The lowest BCUT2D eigenvalue weighted by molar-refractivity contribution is 0.116. The van der Waals surface area contributed by atoms with Crippen molar-refractivity contribution < 1.29 is 23.6 Å². The largest absolute Gasteiger partial charge is 0.466 e. The Balaban J connectivity index is 2.37. The van der Waals surface area contributed by atoms with Crippen LogP contribution >= 0.6 is 23.9 Å². The van der Waals surface area contributed by atoms with Gasteiger partial charge in [0.2, 0.25) is 0 Å². The van der Waals surface area contributed by atoms with E-state index < -0.39 is 12.2 Å². The summed E-state index contributed by atoms with van der Waals surface area (Å²) in [6.07, 6.45) is 1.98. The molecule has 0 N–H and O–H groups in total. The van der Waals surface area contributed by atoms with Crippen LogP contribution in [0.3, 0.4) is 0 Å². The van der Waals surface area contributed by atoms with Gasteiger partial charge in [0.05, 0.1) is 18.4 Å². The fourth-order valence-corrected chi connectivity index (χ4v) is 1.77. The maximum absolute atomic E-state index is 11.7. The molecule has 0 spiro atoms. The van der Waals surface area contributed by atoms with Crippen molar-refractivity contribution in [3.8, 4) is 0 Å². The normalized spacial score (nSPS) is 11.0. The van der Waals surface area contributed by atoms with Gasteiger partial charge in [-0.05, 0) is 25.3 Å². The number of amides is 2. The molecule has 0 aliphatic rings. The highest BCUT2D eigenvalue weighted by molar-refractivity contribution is 8.13. The van der Waals surface area contributed by atoms with Crippen molar-refractivity contribution in [3.05, 3.63) is 24.2 Å². The van der Waals surface area contributed by atoms with Gasteiger partial charge in [-0.3, -0.25) is 4.84 Å². The standard InChI is InChI=1S/C12H17N3O5S2/c1-9(21-4)13-20-12(17)15(3)22-14(2)11(16)19-8-10-6-5-7-18-10/h5-7H,8H2,1-4H3. The van der Waals surface area contributed by atoms with Crippen LogP contribution < -0.4 is 0 Å². The van der Waals surface area contributed by atoms with E-state index in [0.29, 0.717) is 10.8 Å². The molecule has 10 heteroatoms. The van der Waals surface area contributed by atoms with Gasteiger partial charge in [0, 0.05) is 14.1 Å². The van der Waals surface area contributed by atoms with Crippen LogP contribution in [0.25, 0.3) is 0 Å². The fourth-order valence-electron chi connectivity index (χ4n) is 1.07. The topological polar surface area (TPSA) is 84.6 Å². The Morgan fingerprint density at radius 2 is 2.00 bits per heavy atom. The highest BCUT2D eigenvalue weighted by Gasteiger charge is 2.19. The van der Waals surface area contributed by atoms with E-state index in [0.717, 1.165) is 20.7 Å². The molecule has 0 atom stereocenters. The molecule has 0 saturated heterocycles. The zero-order chi connectivity index (χ0) is 16.5. The Bertz CT molecular complexity index is 521. The summed E-state index contributed by atoms with van der Waals surface area (Å²) in [6.45, 7) is 1.73. The van der Waals surface area contributed by atoms with Gasteiger partial charge in [-0.25, -0.2) is 18.2 Å². The van der Waals surface area contributed by atoms with Gasteiger partial charge < -0.3 is 9.15 Å². The van der Waals surface area contributed by atoms with E-state index in [9.17, 15) is 9.59 Å². The zero-order valence-corrected chi connectivity index (χ0v) is 14.3. The number of hydrogen-bond acceptors (Lipinski definition) is 8. The third kappa shape index (κ3) is 6.31. The maximum atomic E-state index is 11.7. The second-order valence-corrected chi connectivity index (χ2v) is 6.14. The molecule has 0 aliphatic heterocycles. The predicted molar refractivity (Wildman–Crippen MR) is 85.1 cm³/mol. The number of rotatable bonds is 5. The Morgan fingerprint density at radius 1 is 1.32 bits per heavy atom. The summed E-state index contributed by atoms with van der Waals surface area (Å²) in [5.74, 6) is 0.529. The van der Waals surface area contributed by atoms with Crippen molar-refractivity contribution in [2.45, 2.75) is 13.5 Å². The predicted octanol–water partition coefficient (Wildman–Crippen LogP) is 3.18. The molecule has 0 unspecified atom stereocenters. The van der Waals surface area contributed by atoms with E-state index in [-0.39, 0.29) is 6.61 Å². The summed E-state index contributed by atoms with van der Waals surface area (Å²) in [6, 6.07) is 3.39. The molecule has 0 bridgehead atoms. The first-order valence-corrected chi connectivity index (χ1v) is 8.03. The second kappa shape index (κ2) is 9.26. The first-order chi connectivity index (χ1) is 10.4. The van der Waals surface area contributed by atoms with Gasteiger partial charge in [0.25, 0.3) is 0 Å². The van der Waals surface area contributed by atoms with Crippen LogP contribution in [0.4, 0.5) is 9.59 Å². The number of thioether (sulfide) groups is 1. The van der Waals surface area contributed by atoms with Crippen LogP contribution in [0.5, 0.6) is 0 Å². The maximum Gasteiger partial charge on any atom is 0.447 e. The summed E-state index contributed by atoms with van der Waals surface area (Å²) in [5.41, 5.74) is 0. The molecular formula is C12H17N3O5S2. The summed E-state index contributed by atoms with van der Waals surface area (Å²) >= 11 is 2.18. The van der Waals surface area contributed by atoms with Crippen LogP contribution in [0.1, 0.15) is 12.7 Å². The number of carbonyl (C=O) groups is 2. The van der Waals surface area contributed by atoms with Crippen molar-refractivity contribution >= 4 is 41.1 Å². The molecule has 0 fully saturated rings. The van der Waals surface area contributed by atoms with E-state index in [1.807, 2.05) is 6.26 Å². The van der Waals surface area contributed by atoms with Gasteiger partial charge in [0.1, 0.15) is 10.8 Å². The first kappa shape index (κ1) is 18.2. The Hall–Kier alpha value is -1.81. The molecule has 1 aromatic heterocycles. The molecule has 22 heavy (non-hydrogen) atoms. The van der Waals surface area contributed by atoms with Crippen LogP contribution in [-0.2, 0) is 16.2 Å². The summed E-state index contributed by atoms with van der Waals surface area (Å²) < 4.78 is 12.3. The third-order valence-corrected chi connectivity index (χ3v) is 3.68. The quantitative estimate of drug-likeness (QED) is 0.266. The molecule has 2 amide bonds. The van der Waals surface area contributed by atoms with Crippen molar-refractivity contribution in [2.24, 2.45) is 5.16 Å². The molecule has 1 heterocycles. The molecular weight excluding hydrogens is 330 g/mol. The van der Waals surface area contributed by atoms with Gasteiger partial charge in [-0.2, -0.15) is 0 Å². The Morgan fingerprint density at radius 3 is 2.59 bits per heavy atom. The molecule has 0 saturated carbocycles. The number of furan rings is 1. The lowest BCUT2D eigenvalue weighted by Gasteiger charge is -2.20. The van der Waals surface area contributed by atoms with E-state index in [2.05, 4.69) is 5.16 Å². The zero-order valence-electron chi connectivity index (χ0n) is 12.6. The van der Waals surface area contributed by atoms with E-state index in [1.165, 1.54) is 32.1 Å². The number of carbonyl (C=O) groups excluding carboxylic acids is 2. The van der Waals surface area contributed by atoms with Gasteiger partial charge in [0.15, 0.2) is 6.61 Å². The molecule has 0 aromatic carbocycles. The van der Waals surface area contributed by atoms with E-state index >= 15 is 0 Å². The minimum atomic E-state index is -0.705. The second-order valence-electron chi connectivity index (χ2n) is 3.88. The molecule has 122 valence electrons. The highest BCUT2D eigenvalue weighted by atomic mass is 32.2. The van der Waals surface area contributed by atoms with Gasteiger partial charge in [-0.1, -0.05) is 5.16 Å². The van der Waals surface area contributed by atoms with Crippen LogP contribution in [0, 0.1) is 0 Å². The minimum absolute atomic E-state index is 0.0160. The SMILES string of the molecule is CSC(C)=NOC(=O)N(C)SN(C)C(=O)OCc1ccco1. The average molecular weight is 347 g/mol. The summed E-state index contributed by atoms with van der Waals surface area (Å²) in [5, 5.41) is 4.22. The van der Waals surface area contributed by atoms with Crippen molar-refractivity contribution in [1.29, 1.82) is 0 Å². The first-order valence-electron chi connectivity index (χ1n) is 6.08. The minimum Gasteiger partial charge on any atom is -0.466 e. The Kier molecular flexibility index (Phi) is 7.67. The monoisotopic (exact) mass is 347 g/mol. The number of hydrogen-bond donors (Lipinski definition) is 0. The smallest absolute Gasteiger partial charge is 0.447 e. The van der Waals surface area contributed by atoms with E-state index in [4.69, 9.17) is 14.0 Å². The van der Waals surface area contributed by atoms with Gasteiger partial charge >= 0.3 is 12.2 Å². The van der Waals surface area contributed by atoms with Crippen molar-refractivity contribution in [2.75, 3.05) is 20.4 Å². The lowest BCUT2D eigenvalue weighted by Crippen LogP contribution is -2.29. The van der Waals surface area contributed by atoms with Crippen LogP contribution in [-0.4, -0.2) is 46.2 Å². The van der Waals surface area contributed by atoms with E-state index in [1.54, 1.807) is 19.1 Å². The molecule has 1 rings (SSSR count). The molecule has 1 aromatic rings. The Labute approximate surface area is 137 Å².